The number of rotatable bonds is 7. The zero-order chi connectivity index (χ0) is 24.7. The molecule has 1 aliphatic heterocycles. The minimum Gasteiger partial charge on any atom is -0.366 e. The Balaban J connectivity index is 1.48. The molecule has 5 rings (SSSR count). The number of nitrogens with two attached hydrogens (primary N) is 1. The van der Waals surface area contributed by atoms with Crippen molar-refractivity contribution in [2.45, 2.75) is 26.9 Å². The highest BCUT2D eigenvalue weighted by molar-refractivity contribution is 7.91. The van der Waals surface area contributed by atoms with Crippen molar-refractivity contribution in [2.24, 2.45) is 5.73 Å². The van der Waals surface area contributed by atoms with Gasteiger partial charge in [0.15, 0.2) is 21.5 Å². The molecule has 3 aromatic heterocycles. The van der Waals surface area contributed by atoms with Crippen molar-refractivity contribution >= 4 is 26.6 Å². The zero-order valence-corrected chi connectivity index (χ0v) is 20.4. The molecule has 1 fully saturated rings. The molecule has 0 unspecified atom stereocenters. The largest absolute Gasteiger partial charge is 0.366 e. The van der Waals surface area contributed by atoms with Crippen LogP contribution in [0, 0.1) is 6.92 Å². The van der Waals surface area contributed by atoms with Crippen LogP contribution in [0.15, 0.2) is 24.4 Å². The van der Waals surface area contributed by atoms with Crippen LogP contribution in [0.4, 0.5) is 0 Å². The lowest BCUT2D eigenvalue weighted by Crippen LogP contribution is -2.41. The molecule has 0 atom stereocenters. The number of sulfone groups is 1. The Hall–Kier alpha value is -3.58. The molecule has 4 heterocycles. The predicted molar refractivity (Wildman–Crippen MR) is 130 cm³/mol. The lowest BCUT2D eigenvalue weighted by molar-refractivity contribution is 0.100. The molecular weight excluding hydrogens is 470 g/mol. The van der Waals surface area contributed by atoms with Gasteiger partial charge in [0.05, 0.1) is 35.5 Å². The number of nitrogens with one attached hydrogen (secondary N) is 1. The Morgan fingerprint density at radius 1 is 1.14 bits per heavy atom. The fourth-order valence-electron chi connectivity index (χ4n) is 4.37. The van der Waals surface area contributed by atoms with Crippen molar-refractivity contribution in [3.63, 3.8) is 0 Å². The van der Waals surface area contributed by atoms with Crippen LogP contribution in [0.3, 0.4) is 0 Å². The summed E-state index contributed by atoms with van der Waals surface area (Å²) in [5.74, 6) is 0.796. The smallest absolute Gasteiger partial charge is 0.248 e. The first-order valence-corrected chi connectivity index (χ1v) is 13.3. The van der Waals surface area contributed by atoms with E-state index in [-0.39, 0.29) is 11.5 Å². The molecule has 1 saturated heterocycles. The van der Waals surface area contributed by atoms with Gasteiger partial charge in [-0.05, 0) is 32.0 Å². The summed E-state index contributed by atoms with van der Waals surface area (Å²) in [6.07, 6.45) is 1.73. The molecule has 4 aromatic rings. The number of hydrogen-bond donors (Lipinski definition) is 2. The maximum absolute atomic E-state index is 12.1. The molecule has 1 aliphatic rings. The van der Waals surface area contributed by atoms with E-state index in [1.54, 1.807) is 23.0 Å². The number of carbonyl (C=O) groups excluding carboxylic acids is 1. The van der Waals surface area contributed by atoms with Crippen LogP contribution in [-0.4, -0.2) is 85.1 Å². The Bertz CT molecular complexity index is 1500. The Morgan fingerprint density at radius 3 is 2.63 bits per heavy atom. The minimum absolute atomic E-state index is 0.174. The number of aromatic amines is 1. The summed E-state index contributed by atoms with van der Waals surface area (Å²) >= 11 is 0. The highest BCUT2D eigenvalue weighted by atomic mass is 32.2. The summed E-state index contributed by atoms with van der Waals surface area (Å²) in [5.41, 5.74) is 9.06. The lowest BCUT2D eigenvalue weighted by atomic mass is 10.0. The number of hydrogen-bond acceptors (Lipinski definition) is 8. The molecule has 184 valence electrons. The van der Waals surface area contributed by atoms with Crippen LogP contribution in [0.5, 0.6) is 0 Å². The second kappa shape index (κ2) is 8.89. The van der Waals surface area contributed by atoms with E-state index < -0.39 is 15.7 Å². The summed E-state index contributed by atoms with van der Waals surface area (Å²) in [6, 6.07) is 5.34. The second-order valence-corrected chi connectivity index (χ2v) is 11.0. The average molecular weight is 498 g/mol. The number of carbonyl (C=O) groups is 1. The molecule has 0 aliphatic carbocycles. The van der Waals surface area contributed by atoms with Gasteiger partial charge in [-0.1, -0.05) is 0 Å². The van der Waals surface area contributed by atoms with Crippen molar-refractivity contribution in [1.29, 1.82) is 0 Å². The Labute approximate surface area is 202 Å². The molecule has 0 spiro atoms. The molecule has 3 N–H and O–H groups in total. The van der Waals surface area contributed by atoms with Crippen LogP contribution >= 0.6 is 0 Å². The van der Waals surface area contributed by atoms with Crippen LogP contribution in [0.1, 0.15) is 23.0 Å². The van der Waals surface area contributed by atoms with Crippen LogP contribution in [0.25, 0.3) is 33.8 Å². The molecule has 0 saturated carbocycles. The van der Waals surface area contributed by atoms with Crippen molar-refractivity contribution in [1.82, 2.24) is 39.6 Å². The van der Waals surface area contributed by atoms with Crippen LogP contribution in [-0.2, 0) is 22.9 Å². The number of primary amides is 1. The Kier molecular flexibility index (Phi) is 5.89. The number of fused-ring (bicyclic) bond motifs is 1. The first kappa shape index (κ1) is 23.2. The monoisotopic (exact) mass is 497 g/mol. The number of benzene rings is 1. The quantitative estimate of drug-likeness (QED) is 0.380. The molecule has 12 nitrogen and oxygen atoms in total. The van der Waals surface area contributed by atoms with Crippen molar-refractivity contribution < 1.29 is 13.2 Å². The zero-order valence-electron chi connectivity index (χ0n) is 19.6. The normalized spacial score (nSPS) is 16.2. The van der Waals surface area contributed by atoms with E-state index in [2.05, 4.69) is 30.3 Å². The first-order chi connectivity index (χ1) is 16.7. The summed E-state index contributed by atoms with van der Waals surface area (Å²) in [6.45, 7) is 6.81. The van der Waals surface area contributed by atoms with Crippen molar-refractivity contribution in [2.75, 3.05) is 31.1 Å². The van der Waals surface area contributed by atoms with Gasteiger partial charge < -0.3 is 5.73 Å². The lowest BCUT2D eigenvalue weighted by Gasteiger charge is -2.26. The molecular formula is C22H27N9O3S. The molecule has 13 heteroatoms. The maximum Gasteiger partial charge on any atom is 0.248 e. The third-order valence-corrected chi connectivity index (χ3v) is 7.89. The third-order valence-electron chi connectivity index (χ3n) is 6.28. The van der Waals surface area contributed by atoms with Gasteiger partial charge in [-0.25, -0.2) is 13.4 Å². The van der Waals surface area contributed by atoms with Gasteiger partial charge >= 0.3 is 0 Å². The Morgan fingerprint density at radius 2 is 1.91 bits per heavy atom. The summed E-state index contributed by atoms with van der Waals surface area (Å²) in [7, 11) is -2.93. The van der Waals surface area contributed by atoms with E-state index in [1.807, 2.05) is 24.6 Å². The van der Waals surface area contributed by atoms with E-state index in [1.165, 1.54) is 0 Å². The molecule has 35 heavy (non-hydrogen) atoms. The van der Waals surface area contributed by atoms with Gasteiger partial charge in [0, 0.05) is 42.7 Å². The van der Waals surface area contributed by atoms with Gasteiger partial charge in [0.2, 0.25) is 5.91 Å². The fraction of sp³-hybridized carbons (Fsp3) is 0.409. The predicted octanol–water partition coefficient (Wildman–Crippen LogP) is 0.843. The van der Waals surface area contributed by atoms with Gasteiger partial charge in [0.25, 0.3) is 0 Å². The van der Waals surface area contributed by atoms with E-state index in [0.717, 1.165) is 22.3 Å². The van der Waals surface area contributed by atoms with Gasteiger partial charge in [-0.2, -0.15) is 15.3 Å². The second-order valence-electron chi connectivity index (χ2n) is 8.68. The van der Waals surface area contributed by atoms with Crippen LogP contribution in [0.2, 0.25) is 0 Å². The summed E-state index contributed by atoms with van der Waals surface area (Å²) < 4.78 is 27.0. The van der Waals surface area contributed by atoms with Gasteiger partial charge in [-0.3, -0.25) is 24.2 Å². The van der Waals surface area contributed by atoms with E-state index in [9.17, 15) is 13.2 Å². The van der Waals surface area contributed by atoms with E-state index in [0.29, 0.717) is 55.5 Å². The average Bonchev–Trinajstić information content (AvgIpc) is 3.55. The number of aryl methyl sites for hydroxylation is 2. The number of aromatic nitrogens is 7. The van der Waals surface area contributed by atoms with Crippen molar-refractivity contribution in [3.8, 4) is 22.9 Å². The highest BCUT2D eigenvalue weighted by Gasteiger charge is 2.22. The fourth-order valence-corrected chi connectivity index (χ4v) is 5.64. The minimum atomic E-state index is -2.93. The van der Waals surface area contributed by atoms with Gasteiger partial charge in [-0.15, -0.1) is 0 Å². The molecule has 1 aromatic carbocycles. The summed E-state index contributed by atoms with van der Waals surface area (Å²) in [4.78, 5) is 18.9. The third kappa shape index (κ3) is 4.56. The van der Waals surface area contributed by atoms with E-state index >= 15 is 0 Å². The standard InChI is InChI=1S/C22H27N9O3S/c1-3-30-19(10-14(2)28-30)22-25-21(26-27-22)16-11-15(20(23)32)12-18-17(16)13-24-31(18)5-4-29-6-8-35(33,34)9-7-29/h10-13H,3-9H2,1-2H3,(H2,23,32)(H,25,26,27). The molecule has 0 radical (unpaired) electrons. The summed E-state index contributed by atoms with van der Waals surface area (Å²) in [5, 5.41) is 17.2. The molecule has 1 amide bonds. The highest BCUT2D eigenvalue weighted by Crippen LogP contribution is 2.29. The number of nitrogens with zero attached hydrogens (tertiary/aromatic N) is 7. The topological polar surface area (TPSA) is 158 Å². The van der Waals surface area contributed by atoms with Gasteiger partial charge in [0.1, 0.15) is 5.69 Å². The van der Waals surface area contributed by atoms with E-state index in [4.69, 9.17) is 5.73 Å². The first-order valence-electron chi connectivity index (χ1n) is 11.4. The van der Waals surface area contributed by atoms with Crippen molar-refractivity contribution in [3.05, 3.63) is 35.7 Å². The maximum atomic E-state index is 12.1. The van der Waals surface area contributed by atoms with Crippen LogP contribution < -0.4 is 5.73 Å². The SMILES string of the molecule is CCn1nc(C)cc1-c1n[nH]c(-c2cc(C(N)=O)cc3c2cnn3CCN2CCS(=O)(=O)CC2)n1. The molecule has 0 bridgehead atoms. The number of H-pyrrole nitrogens is 1. The number of amides is 1.